The topological polar surface area (TPSA) is 55.1 Å². The maximum atomic E-state index is 12.1. The van der Waals surface area contributed by atoms with Crippen molar-refractivity contribution in [1.82, 2.24) is 5.43 Å². The van der Waals surface area contributed by atoms with Crippen LogP contribution in [0.5, 0.6) is 0 Å². The highest BCUT2D eigenvalue weighted by molar-refractivity contribution is 5.78. The molecule has 3 N–H and O–H groups in total. The van der Waals surface area contributed by atoms with E-state index >= 15 is 0 Å². The van der Waals surface area contributed by atoms with E-state index in [4.69, 9.17) is 5.84 Å². The van der Waals surface area contributed by atoms with Crippen LogP contribution < -0.4 is 11.3 Å². The zero-order chi connectivity index (χ0) is 16.6. The van der Waals surface area contributed by atoms with Crippen LogP contribution in [0, 0.1) is 22.7 Å². The van der Waals surface area contributed by atoms with Crippen molar-refractivity contribution in [1.29, 1.82) is 0 Å². The average molecular weight is 287 g/mol. The molecule has 0 spiro atoms. The molecule has 1 unspecified atom stereocenters. The lowest BCUT2D eigenvalue weighted by atomic mass is 9.66. The van der Waals surface area contributed by atoms with Gasteiger partial charge in [-0.15, -0.1) is 0 Å². The summed E-state index contributed by atoms with van der Waals surface area (Å²) in [5.74, 6) is 5.89. The molecule has 0 aliphatic carbocycles. The van der Waals surface area contributed by atoms with Crippen molar-refractivity contribution in [3.8, 4) is 0 Å². The van der Waals surface area contributed by atoms with Gasteiger partial charge in [0.1, 0.15) is 0 Å². The summed E-state index contributed by atoms with van der Waals surface area (Å²) in [6.07, 6.45) is 2.98. The van der Waals surface area contributed by atoms with Crippen LogP contribution in [0.4, 0.5) is 0 Å². The van der Waals surface area contributed by atoms with Crippen molar-refractivity contribution >= 4 is 5.91 Å². The molecule has 1 atom stereocenters. The van der Waals surface area contributed by atoms with Crippen LogP contribution in [0.3, 0.4) is 0 Å². The molecule has 3 heteroatoms. The van der Waals surface area contributed by atoms with E-state index in [1.165, 1.54) is 0 Å². The number of nitrogens with two attached hydrogens (primary N) is 1. The predicted molar refractivity (Wildman–Crippen MR) is 89.1 cm³/mol. The monoisotopic (exact) mass is 286 g/mol. The summed E-state index contributed by atoms with van der Waals surface area (Å²) < 4.78 is 0. The summed E-state index contributed by atoms with van der Waals surface area (Å²) in [5.41, 5.74) is 2.50. The molecule has 0 bridgehead atoms. The molecule has 3 nitrogen and oxygen atoms in total. The molecule has 20 heavy (non-hydrogen) atoms. The quantitative estimate of drug-likeness (QED) is 0.411. The summed E-state index contributed by atoms with van der Waals surface area (Å²) in [4.78, 5) is 12.1. The molecular weight excluding hydrogens is 248 g/mol. The van der Waals surface area contributed by atoms with Gasteiger partial charge in [0.25, 0.3) is 0 Å². The van der Waals surface area contributed by atoms with E-state index in [9.17, 15) is 4.79 Å². The van der Waals surface area contributed by atoms with Gasteiger partial charge in [0.2, 0.25) is 5.91 Å². The summed E-state index contributed by atoms with van der Waals surface area (Å²) in [7, 11) is 0. The third-order valence-electron chi connectivity index (χ3n) is 4.05. The van der Waals surface area contributed by atoms with Gasteiger partial charge in [-0.05, 0) is 29.6 Å². The van der Waals surface area contributed by atoms with Crippen molar-refractivity contribution < 1.29 is 4.79 Å². The van der Waals surface area contributed by atoms with Crippen LogP contribution >= 0.6 is 0 Å². The number of carbonyl (C=O) groups excluding carboxylic acids is 1. The second kappa shape index (κ2) is 9.38. The van der Waals surface area contributed by atoms with Crippen LogP contribution in [-0.2, 0) is 4.79 Å². The Hall–Kier alpha value is -0.570. The molecule has 0 aromatic carbocycles. The standard InChI is InChI=1S/C15H32N2O.C2H6/c1-8-14(4,5)10-12(13(18)17-16)15(6,7)9-11(2)3;1-2/h11-12H,8-10,16H2,1-7H3,(H,17,18);1-2H3. The molecule has 0 aromatic heterocycles. The van der Waals surface area contributed by atoms with Gasteiger partial charge in [-0.1, -0.05) is 68.7 Å². The first-order valence-electron chi connectivity index (χ1n) is 8.06. The maximum absolute atomic E-state index is 12.1. The Balaban J connectivity index is 0. The lowest BCUT2D eigenvalue weighted by Gasteiger charge is -2.39. The van der Waals surface area contributed by atoms with Gasteiger partial charge >= 0.3 is 0 Å². The Morgan fingerprint density at radius 3 is 1.85 bits per heavy atom. The van der Waals surface area contributed by atoms with Crippen molar-refractivity contribution in [3.05, 3.63) is 0 Å². The fourth-order valence-electron chi connectivity index (χ4n) is 2.72. The van der Waals surface area contributed by atoms with E-state index in [2.05, 4.69) is 53.9 Å². The third kappa shape index (κ3) is 7.88. The molecule has 122 valence electrons. The van der Waals surface area contributed by atoms with Gasteiger partial charge in [0.05, 0.1) is 0 Å². The van der Waals surface area contributed by atoms with Crippen LogP contribution in [0.25, 0.3) is 0 Å². The highest BCUT2D eigenvalue weighted by Gasteiger charge is 2.38. The van der Waals surface area contributed by atoms with Gasteiger partial charge in [0.15, 0.2) is 0 Å². The molecule has 1 amide bonds. The molecule has 0 saturated carbocycles. The first-order chi connectivity index (χ1) is 9.05. The van der Waals surface area contributed by atoms with Gasteiger partial charge < -0.3 is 0 Å². The lowest BCUT2D eigenvalue weighted by Crippen LogP contribution is -2.44. The molecule has 0 aliphatic rings. The van der Waals surface area contributed by atoms with E-state index < -0.39 is 0 Å². The summed E-state index contributed by atoms with van der Waals surface area (Å²) in [6, 6.07) is 0. The Kier molecular flexibility index (Phi) is 10.2. The summed E-state index contributed by atoms with van der Waals surface area (Å²) >= 11 is 0. The average Bonchev–Trinajstić information content (AvgIpc) is 2.36. The van der Waals surface area contributed by atoms with Crippen LogP contribution in [-0.4, -0.2) is 5.91 Å². The number of hydrazine groups is 1. The smallest absolute Gasteiger partial charge is 0.237 e. The maximum Gasteiger partial charge on any atom is 0.237 e. The van der Waals surface area contributed by atoms with Crippen molar-refractivity contribution in [2.24, 2.45) is 28.5 Å². The van der Waals surface area contributed by atoms with Gasteiger partial charge in [-0.25, -0.2) is 5.84 Å². The fraction of sp³-hybridized carbons (Fsp3) is 0.941. The second-order valence-corrected chi connectivity index (χ2v) is 7.37. The lowest BCUT2D eigenvalue weighted by molar-refractivity contribution is -0.130. The Morgan fingerprint density at radius 2 is 1.55 bits per heavy atom. The number of carbonyl (C=O) groups is 1. The van der Waals surface area contributed by atoms with Crippen LogP contribution in [0.1, 0.15) is 81.6 Å². The number of hydrogen-bond acceptors (Lipinski definition) is 2. The second-order valence-electron chi connectivity index (χ2n) is 7.37. The predicted octanol–water partition coefficient (Wildman–Crippen LogP) is 4.52. The Labute approximate surface area is 127 Å². The molecule has 0 saturated heterocycles. The zero-order valence-corrected chi connectivity index (χ0v) is 15.3. The molecule has 0 heterocycles. The minimum Gasteiger partial charge on any atom is -0.294 e. The van der Waals surface area contributed by atoms with Crippen molar-refractivity contribution in [3.63, 3.8) is 0 Å². The Bertz CT molecular complexity index is 270. The number of nitrogens with one attached hydrogen (secondary N) is 1. The number of hydrogen-bond donors (Lipinski definition) is 2. The van der Waals surface area contributed by atoms with E-state index in [0.717, 1.165) is 19.3 Å². The molecule has 0 aliphatic heterocycles. The first-order valence-corrected chi connectivity index (χ1v) is 8.06. The third-order valence-corrected chi connectivity index (χ3v) is 4.05. The molecule has 0 rings (SSSR count). The van der Waals surface area contributed by atoms with E-state index in [1.807, 2.05) is 13.8 Å². The molecular formula is C17H38N2O. The van der Waals surface area contributed by atoms with Crippen LogP contribution in [0.15, 0.2) is 0 Å². The molecule has 0 aromatic rings. The molecule has 0 fully saturated rings. The van der Waals surface area contributed by atoms with Crippen LogP contribution in [0.2, 0.25) is 0 Å². The normalized spacial score (nSPS) is 13.6. The number of amides is 1. The summed E-state index contributed by atoms with van der Waals surface area (Å²) in [5, 5.41) is 0. The highest BCUT2D eigenvalue weighted by Crippen LogP contribution is 2.41. The van der Waals surface area contributed by atoms with Gasteiger partial charge in [0, 0.05) is 5.92 Å². The number of rotatable bonds is 7. The minimum absolute atomic E-state index is 0.0237. The minimum atomic E-state index is -0.0279. The van der Waals surface area contributed by atoms with Gasteiger partial charge in [-0.3, -0.25) is 10.2 Å². The fourth-order valence-corrected chi connectivity index (χ4v) is 2.72. The Morgan fingerprint density at radius 1 is 1.10 bits per heavy atom. The SMILES string of the molecule is CC.CCC(C)(C)CC(C(=O)NN)C(C)(C)CC(C)C. The van der Waals surface area contributed by atoms with Crippen molar-refractivity contribution in [2.75, 3.05) is 0 Å². The zero-order valence-electron chi connectivity index (χ0n) is 15.3. The van der Waals surface area contributed by atoms with E-state index in [0.29, 0.717) is 5.92 Å². The molecule has 0 radical (unpaired) electrons. The first kappa shape index (κ1) is 21.7. The largest absolute Gasteiger partial charge is 0.294 e. The van der Waals surface area contributed by atoms with E-state index in [-0.39, 0.29) is 22.7 Å². The van der Waals surface area contributed by atoms with Crippen molar-refractivity contribution in [2.45, 2.75) is 81.6 Å². The summed E-state index contributed by atoms with van der Waals surface area (Å²) in [6.45, 7) is 19.4. The van der Waals surface area contributed by atoms with Gasteiger partial charge in [-0.2, -0.15) is 0 Å². The highest BCUT2D eigenvalue weighted by atomic mass is 16.2. The van der Waals surface area contributed by atoms with E-state index in [1.54, 1.807) is 0 Å².